The molecule has 3 aromatic rings. The monoisotopic (exact) mass is 568 g/mol. The van der Waals surface area contributed by atoms with Gasteiger partial charge >= 0.3 is 12.0 Å². The normalized spacial score (nSPS) is 15.4. The highest BCUT2D eigenvalue weighted by Gasteiger charge is 2.44. The number of aryl methyl sites for hydroxylation is 2. The number of amides is 4. The molecule has 214 valence electrons. The zero-order chi connectivity index (χ0) is 29.8. The van der Waals surface area contributed by atoms with Crippen LogP contribution < -0.4 is 10.6 Å². The summed E-state index contributed by atoms with van der Waals surface area (Å²) >= 11 is 0. The van der Waals surface area contributed by atoms with E-state index in [9.17, 15) is 37.5 Å². The molecule has 0 spiro atoms. The average Bonchev–Trinajstić information content (AvgIpc) is 3.32. The van der Waals surface area contributed by atoms with Crippen molar-refractivity contribution in [1.82, 2.24) is 15.1 Å². The Labute approximate surface area is 233 Å². The Morgan fingerprint density at radius 2 is 1.44 bits per heavy atom. The van der Waals surface area contributed by atoms with E-state index in [1.165, 1.54) is 12.1 Å². The zero-order valence-electron chi connectivity index (χ0n) is 22.2. The van der Waals surface area contributed by atoms with Gasteiger partial charge in [0.15, 0.2) is 6.17 Å². The maximum absolute atomic E-state index is 13.9. The third-order valence-electron chi connectivity index (χ3n) is 6.48. The number of carboxylic acids is 1. The van der Waals surface area contributed by atoms with Crippen molar-refractivity contribution in [3.05, 3.63) is 100 Å². The molecule has 3 aromatic carbocycles. The van der Waals surface area contributed by atoms with Gasteiger partial charge in [-0.3, -0.25) is 19.3 Å². The number of anilines is 1. The molecule has 0 radical (unpaired) electrons. The minimum absolute atomic E-state index is 0.113. The Balaban J connectivity index is 1.67. The Hall–Kier alpha value is -4.87. The summed E-state index contributed by atoms with van der Waals surface area (Å²) in [5.74, 6) is -5.68. The van der Waals surface area contributed by atoms with E-state index in [1.54, 1.807) is 12.1 Å². The van der Waals surface area contributed by atoms with Crippen LogP contribution in [0.15, 0.2) is 60.7 Å². The van der Waals surface area contributed by atoms with Gasteiger partial charge in [0, 0.05) is 30.4 Å². The highest BCUT2D eigenvalue weighted by molar-refractivity contribution is 6.00. The minimum atomic E-state index is -1.60. The van der Waals surface area contributed by atoms with Gasteiger partial charge < -0.3 is 20.6 Å². The Morgan fingerprint density at radius 3 is 2.02 bits per heavy atom. The van der Waals surface area contributed by atoms with Crippen molar-refractivity contribution >= 4 is 29.5 Å². The number of nitrogens with one attached hydrogen (secondary N) is 2. The highest BCUT2D eigenvalue weighted by atomic mass is 19.1. The predicted octanol–water partition coefficient (Wildman–Crippen LogP) is 4.37. The number of halogens is 3. The number of urea groups is 1. The largest absolute Gasteiger partial charge is 0.481 e. The Kier molecular flexibility index (Phi) is 8.60. The molecule has 0 bridgehead atoms. The van der Waals surface area contributed by atoms with E-state index in [0.29, 0.717) is 11.8 Å². The van der Waals surface area contributed by atoms with Crippen molar-refractivity contribution < 1.29 is 37.5 Å². The number of benzene rings is 3. The standard InChI is InChI=1S/C29H27F3N4O5/c1-16-9-17(2)11-23(10-16)33-29(41)36-8-7-35(28(40)19-12-21(31)14-22(32)13-19)27(36)26(39)34-24(15-25(37)38)18-3-5-20(30)6-4-18/h3-6,9-14,24,27H,7-8,15H2,1-2H3,(H,33,41)(H,34,39)(H,37,38). The summed E-state index contributed by atoms with van der Waals surface area (Å²) < 4.78 is 41.3. The zero-order valence-corrected chi connectivity index (χ0v) is 22.2. The van der Waals surface area contributed by atoms with Gasteiger partial charge in [-0.25, -0.2) is 18.0 Å². The predicted molar refractivity (Wildman–Crippen MR) is 142 cm³/mol. The van der Waals surface area contributed by atoms with E-state index in [1.807, 2.05) is 19.9 Å². The molecule has 4 amide bonds. The molecule has 0 aromatic heterocycles. The van der Waals surface area contributed by atoms with Gasteiger partial charge in [0.25, 0.3) is 11.8 Å². The number of carboxylic acid groups (broad SMARTS) is 1. The first kappa shape index (κ1) is 29.1. The molecular weight excluding hydrogens is 541 g/mol. The first-order valence-corrected chi connectivity index (χ1v) is 12.6. The van der Waals surface area contributed by atoms with Crippen LogP contribution in [0.2, 0.25) is 0 Å². The number of hydrogen-bond donors (Lipinski definition) is 3. The summed E-state index contributed by atoms with van der Waals surface area (Å²) in [6.07, 6.45) is -2.18. The second-order valence-electron chi connectivity index (χ2n) is 9.74. The number of carbonyl (C=O) groups is 4. The van der Waals surface area contributed by atoms with Gasteiger partial charge in [-0.1, -0.05) is 18.2 Å². The summed E-state index contributed by atoms with van der Waals surface area (Å²) in [6, 6.07) is 10.5. The van der Waals surface area contributed by atoms with Gasteiger partial charge in [0.05, 0.1) is 12.5 Å². The van der Waals surface area contributed by atoms with Crippen LogP contribution >= 0.6 is 0 Å². The van der Waals surface area contributed by atoms with Crippen LogP contribution in [0, 0.1) is 31.3 Å². The van der Waals surface area contributed by atoms with Crippen LogP contribution in [0.5, 0.6) is 0 Å². The summed E-state index contributed by atoms with van der Waals surface area (Å²) in [4.78, 5) is 54.1. The molecule has 41 heavy (non-hydrogen) atoms. The summed E-state index contributed by atoms with van der Waals surface area (Å²) in [6.45, 7) is 3.41. The lowest BCUT2D eigenvalue weighted by atomic mass is 10.0. The second kappa shape index (κ2) is 12.1. The van der Waals surface area contributed by atoms with Gasteiger partial charge in [0.1, 0.15) is 17.5 Å². The SMILES string of the molecule is Cc1cc(C)cc(NC(=O)N2CCN(C(=O)c3cc(F)cc(F)c3)C2C(=O)NC(CC(=O)O)c2ccc(F)cc2)c1. The molecule has 9 nitrogen and oxygen atoms in total. The summed E-state index contributed by atoms with van der Waals surface area (Å²) in [7, 11) is 0. The Bertz CT molecular complexity index is 1460. The van der Waals surface area contributed by atoms with Crippen molar-refractivity contribution in [3.8, 4) is 0 Å². The summed E-state index contributed by atoms with van der Waals surface area (Å²) in [5, 5.41) is 14.7. The maximum atomic E-state index is 13.9. The van der Waals surface area contributed by atoms with Gasteiger partial charge in [-0.2, -0.15) is 0 Å². The molecule has 1 heterocycles. The van der Waals surface area contributed by atoms with Gasteiger partial charge in [-0.15, -0.1) is 0 Å². The number of rotatable bonds is 7. The van der Waals surface area contributed by atoms with Crippen LogP contribution in [-0.4, -0.2) is 58.0 Å². The van der Waals surface area contributed by atoms with E-state index < -0.39 is 59.9 Å². The fourth-order valence-corrected chi connectivity index (χ4v) is 4.79. The molecule has 12 heteroatoms. The minimum Gasteiger partial charge on any atom is -0.481 e. The van der Waals surface area contributed by atoms with Crippen LogP contribution in [0.4, 0.5) is 23.7 Å². The van der Waals surface area contributed by atoms with E-state index >= 15 is 0 Å². The second-order valence-corrected chi connectivity index (χ2v) is 9.74. The van der Waals surface area contributed by atoms with Crippen molar-refractivity contribution in [2.45, 2.75) is 32.5 Å². The molecule has 1 fully saturated rings. The average molecular weight is 569 g/mol. The van der Waals surface area contributed by atoms with Gasteiger partial charge in [-0.05, 0) is 66.9 Å². The van der Waals surface area contributed by atoms with Crippen LogP contribution in [0.3, 0.4) is 0 Å². The van der Waals surface area contributed by atoms with Gasteiger partial charge in [0.2, 0.25) is 0 Å². The fourth-order valence-electron chi connectivity index (χ4n) is 4.79. The topological polar surface area (TPSA) is 119 Å². The number of nitrogens with zero attached hydrogens (tertiary/aromatic N) is 2. The van der Waals surface area contributed by atoms with E-state index in [-0.39, 0.29) is 24.2 Å². The molecule has 0 saturated carbocycles. The van der Waals surface area contributed by atoms with Crippen LogP contribution in [0.25, 0.3) is 0 Å². The molecule has 3 N–H and O–H groups in total. The fraction of sp³-hybridized carbons (Fsp3) is 0.241. The molecule has 2 atom stereocenters. The summed E-state index contributed by atoms with van der Waals surface area (Å²) in [5.41, 5.74) is 2.08. The molecule has 0 aliphatic carbocycles. The third kappa shape index (κ3) is 7.02. The Morgan fingerprint density at radius 1 is 0.854 bits per heavy atom. The van der Waals surface area contributed by atoms with Crippen molar-refractivity contribution in [2.75, 3.05) is 18.4 Å². The van der Waals surface area contributed by atoms with E-state index in [0.717, 1.165) is 45.2 Å². The number of carbonyl (C=O) groups excluding carboxylic acids is 3. The lowest BCUT2D eigenvalue weighted by Gasteiger charge is -2.31. The first-order valence-electron chi connectivity index (χ1n) is 12.6. The van der Waals surface area contributed by atoms with Crippen LogP contribution in [0.1, 0.15) is 39.5 Å². The van der Waals surface area contributed by atoms with Crippen molar-refractivity contribution in [1.29, 1.82) is 0 Å². The molecule has 4 rings (SSSR count). The lowest BCUT2D eigenvalue weighted by molar-refractivity contribution is -0.138. The number of hydrogen-bond acceptors (Lipinski definition) is 4. The lowest BCUT2D eigenvalue weighted by Crippen LogP contribution is -2.55. The van der Waals surface area contributed by atoms with Crippen molar-refractivity contribution in [3.63, 3.8) is 0 Å². The van der Waals surface area contributed by atoms with E-state index in [2.05, 4.69) is 10.6 Å². The molecule has 1 saturated heterocycles. The smallest absolute Gasteiger partial charge is 0.323 e. The quantitative estimate of drug-likeness (QED) is 0.391. The third-order valence-corrected chi connectivity index (χ3v) is 6.48. The van der Waals surface area contributed by atoms with E-state index in [4.69, 9.17) is 0 Å². The maximum Gasteiger partial charge on any atom is 0.323 e. The highest BCUT2D eigenvalue weighted by Crippen LogP contribution is 2.24. The molecule has 2 unspecified atom stereocenters. The number of aliphatic carboxylic acids is 1. The molecule has 1 aliphatic rings. The van der Waals surface area contributed by atoms with Crippen LogP contribution in [-0.2, 0) is 9.59 Å². The van der Waals surface area contributed by atoms with Crippen molar-refractivity contribution in [2.24, 2.45) is 0 Å². The molecule has 1 aliphatic heterocycles. The first-order chi connectivity index (χ1) is 19.4. The molecular formula is C29H27F3N4O5.